The van der Waals surface area contributed by atoms with Crippen molar-refractivity contribution >= 4 is 34.6 Å². The highest BCUT2D eigenvalue weighted by Gasteiger charge is 2.11. The second-order valence-electron chi connectivity index (χ2n) is 8.88. The third-order valence-corrected chi connectivity index (χ3v) is 6.36. The summed E-state index contributed by atoms with van der Waals surface area (Å²) in [4.78, 5) is 45.4. The van der Waals surface area contributed by atoms with Crippen LogP contribution >= 0.6 is 11.6 Å². The van der Waals surface area contributed by atoms with Crippen LogP contribution in [-0.2, 0) is 0 Å². The predicted molar refractivity (Wildman–Crippen MR) is 161 cm³/mol. The molecule has 0 bridgehead atoms. The van der Waals surface area contributed by atoms with E-state index in [4.69, 9.17) is 17.4 Å². The van der Waals surface area contributed by atoms with Crippen molar-refractivity contribution < 1.29 is 19.2 Å². The van der Waals surface area contributed by atoms with Gasteiger partial charge in [0, 0.05) is 22.3 Å². The molecule has 0 atom stereocenters. The van der Waals surface area contributed by atoms with Crippen LogP contribution in [0.1, 0.15) is 63.7 Å². The number of aryl methyl sites for hydroxylation is 2. The summed E-state index contributed by atoms with van der Waals surface area (Å²) in [6, 6.07) is 28.5. The number of halogens is 1. The van der Waals surface area contributed by atoms with Gasteiger partial charge in [0.1, 0.15) is 0 Å². The molecule has 0 spiro atoms. The van der Waals surface area contributed by atoms with Gasteiger partial charge in [-0.2, -0.15) is 0 Å². The third-order valence-electron chi connectivity index (χ3n) is 6.16. The van der Waals surface area contributed by atoms with Crippen molar-refractivity contribution in [2.45, 2.75) is 27.7 Å². The number of nitrogen functional groups attached to an aromatic ring is 1. The van der Waals surface area contributed by atoms with Gasteiger partial charge in [0.05, 0.1) is 0 Å². The summed E-state index contributed by atoms with van der Waals surface area (Å²) >= 11 is 5.34. The largest absolute Gasteiger partial charge is 0.290 e. The van der Waals surface area contributed by atoms with E-state index in [1.54, 1.807) is 60.7 Å². The fourth-order valence-electron chi connectivity index (χ4n) is 3.48. The van der Waals surface area contributed by atoms with Crippen molar-refractivity contribution in [1.82, 2.24) is 16.3 Å². The highest BCUT2D eigenvalue weighted by Crippen LogP contribution is 2.14. The molecule has 0 aliphatic carbocycles. The maximum absolute atomic E-state index is 12.0. The topological polar surface area (TPSA) is 130 Å². The molecule has 4 aromatic rings. The zero-order chi connectivity index (χ0) is 30.4. The van der Waals surface area contributed by atoms with Gasteiger partial charge in [-0.25, -0.2) is 5.84 Å². The first kappa shape index (κ1) is 32.4. The van der Waals surface area contributed by atoms with E-state index in [1.807, 2.05) is 69.5 Å². The van der Waals surface area contributed by atoms with E-state index in [1.165, 1.54) is 0 Å². The number of carbonyl (C=O) groups is 4. The molecule has 0 heterocycles. The van der Waals surface area contributed by atoms with Gasteiger partial charge in [0.2, 0.25) is 0 Å². The number of benzene rings is 4. The summed E-state index contributed by atoms with van der Waals surface area (Å²) in [6.45, 7) is 7.67. The van der Waals surface area contributed by atoms with E-state index < -0.39 is 0 Å². The van der Waals surface area contributed by atoms with Crippen molar-refractivity contribution in [3.63, 3.8) is 0 Å². The van der Waals surface area contributed by atoms with E-state index in [-0.39, 0.29) is 23.0 Å². The van der Waals surface area contributed by atoms with Gasteiger partial charge in [-0.3, -0.25) is 35.5 Å². The highest BCUT2D eigenvalue weighted by atomic mass is 35.5. The monoisotopic (exact) mass is 572 g/mol. The molecular formula is C32H33ClN4O4. The lowest BCUT2D eigenvalue weighted by Gasteiger charge is -2.10. The minimum atomic E-state index is -0.383. The first-order valence-corrected chi connectivity index (χ1v) is 13.0. The Kier molecular flexibility index (Phi) is 12.9. The van der Waals surface area contributed by atoms with Crippen LogP contribution in [0.15, 0.2) is 97.1 Å². The molecule has 0 saturated heterocycles. The molecule has 0 saturated carbocycles. The van der Waals surface area contributed by atoms with Gasteiger partial charge in [-0.1, -0.05) is 60.7 Å². The van der Waals surface area contributed by atoms with Crippen LogP contribution in [-0.4, -0.2) is 23.0 Å². The minimum absolute atomic E-state index is 0.263. The van der Waals surface area contributed by atoms with E-state index >= 15 is 0 Å². The number of rotatable bonds is 4. The summed E-state index contributed by atoms with van der Waals surface area (Å²) in [5, 5.41) is -0.383. The van der Waals surface area contributed by atoms with Crippen LogP contribution in [0.5, 0.6) is 0 Å². The number of hydrogen-bond donors (Lipinski definition) is 4. The lowest BCUT2D eigenvalue weighted by atomic mass is 10.0. The fourth-order valence-corrected chi connectivity index (χ4v) is 3.68. The number of hydrogen-bond acceptors (Lipinski definition) is 5. The van der Waals surface area contributed by atoms with Crippen molar-refractivity contribution in [3.05, 3.63) is 142 Å². The van der Waals surface area contributed by atoms with Crippen LogP contribution in [0.4, 0.5) is 0 Å². The molecule has 5 N–H and O–H groups in total. The Balaban J connectivity index is 0.000000236. The molecule has 3 amide bonds. The Morgan fingerprint density at radius 3 is 1.39 bits per heavy atom. The van der Waals surface area contributed by atoms with Crippen LogP contribution in [0, 0.1) is 27.7 Å². The van der Waals surface area contributed by atoms with Crippen LogP contribution < -0.4 is 22.1 Å². The molecule has 9 heteroatoms. The third kappa shape index (κ3) is 10.0. The molecule has 41 heavy (non-hydrogen) atoms. The molecule has 212 valence electrons. The number of carbonyl (C=O) groups excluding carboxylic acids is 4. The van der Waals surface area contributed by atoms with E-state index in [0.717, 1.165) is 22.3 Å². The Morgan fingerprint density at radius 2 is 0.951 bits per heavy atom. The Hall–Kier alpha value is -4.79. The van der Waals surface area contributed by atoms with Gasteiger partial charge in [0.15, 0.2) is 0 Å². The smallest absolute Gasteiger partial charge is 0.269 e. The van der Waals surface area contributed by atoms with Crippen molar-refractivity contribution in [2.24, 2.45) is 5.84 Å². The first-order chi connectivity index (χ1) is 19.6. The lowest BCUT2D eigenvalue weighted by molar-refractivity contribution is 0.0846. The fraction of sp³-hybridized carbons (Fsp3) is 0.125. The van der Waals surface area contributed by atoms with Crippen molar-refractivity contribution in [2.75, 3.05) is 0 Å². The highest BCUT2D eigenvalue weighted by molar-refractivity contribution is 6.67. The van der Waals surface area contributed by atoms with E-state index in [2.05, 4.69) is 10.9 Å². The Morgan fingerprint density at radius 1 is 0.537 bits per heavy atom. The van der Waals surface area contributed by atoms with E-state index in [9.17, 15) is 19.2 Å². The van der Waals surface area contributed by atoms with Gasteiger partial charge in [-0.15, -0.1) is 0 Å². The average Bonchev–Trinajstić information content (AvgIpc) is 2.99. The van der Waals surface area contributed by atoms with E-state index in [0.29, 0.717) is 22.3 Å². The molecule has 0 aliphatic rings. The van der Waals surface area contributed by atoms with Gasteiger partial charge in [0.25, 0.3) is 23.0 Å². The SMILES string of the molecule is Cc1cccc(C(=O)Cl)c1C.Cc1cccc(C(=O)NNC(=O)c2ccccc2)c1C.NNC(=O)c1ccccc1. The summed E-state index contributed by atoms with van der Waals surface area (Å²) < 4.78 is 0. The zero-order valence-corrected chi connectivity index (χ0v) is 24.1. The minimum Gasteiger partial charge on any atom is -0.290 e. The van der Waals surface area contributed by atoms with Crippen molar-refractivity contribution in [1.29, 1.82) is 0 Å². The lowest BCUT2D eigenvalue weighted by Crippen LogP contribution is -2.41. The second kappa shape index (κ2) is 16.3. The Labute approximate surface area is 244 Å². The van der Waals surface area contributed by atoms with Gasteiger partial charge < -0.3 is 0 Å². The molecule has 0 aliphatic heterocycles. The maximum Gasteiger partial charge on any atom is 0.269 e. The van der Waals surface area contributed by atoms with Crippen LogP contribution in [0.3, 0.4) is 0 Å². The molecule has 4 rings (SSSR count). The van der Waals surface area contributed by atoms with Gasteiger partial charge in [-0.05, 0) is 97.9 Å². The number of hydrazine groups is 2. The summed E-state index contributed by atoms with van der Waals surface area (Å²) in [6.07, 6.45) is 0. The number of nitrogens with one attached hydrogen (secondary N) is 3. The molecule has 4 aromatic carbocycles. The second-order valence-corrected chi connectivity index (χ2v) is 9.23. The Bertz CT molecular complexity index is 1490. The normalized spacial score (nSPS) is 9.61. The zero-order valence-electron chi connectivity index (χ0n) is 23.3. The molecule has 0 unspecified atom stereocenters. The molecule has 0 fully saturated rings. The van der Waals surface area contributed by atoms with Gasteiger partial charge >= 0.3 is 0 Å². The first-order valence-electron chi connectivity index (χ1n) is 12.6. The van der Waals surface area contributed by atoms with Crippen LogP contribution in [0.25, 0.3) is 0 Å². The molecule has 0 aromatic heterocycles. The maximum atomic E-state index is 12.0. The van der Waals surface area contributed by atoms with Crippen LogP contribution in [0.2, 0.25) is 0 Å². The quantitative estimate of drug-likeness (QED) is 0.113. The number of nitrogens with two attached hydrogens (primary N) is 1. The molecule has 8 nitrogen and oxygen atoms in total. The summed E-state index contributed by atoms with van der Waals surface area (Å²) in [7, 11) is 0. The average molecular weight is 573 g/mol. The molecular weight excluding hydrogens is 540 g/mol. The predicted octanol–water partition coefficient (Wildman–Crippen LogP) is 5.35. The standard InChI is InChI=1S/C16H16N2O2.C9H9ClO.C7H8N2O/c1-11-7-6-10-14(12(11)2)16(20)18-17-15(19)13-8-4-3-5-9-13;1-6-4-3-5-8(7(6)2)9(10)11;8-9-7(10)6-4-2-1-3-5-6/h3-10H,1-2H3,(H,17,19)(H,18,20);3-5H,1-2H3;1-5H,8H2,(H,9,10). The number of amides is 3. The summed E-state index contributed by atoms with van der Waals surface area (Å²) in [5.41, 5.74) is 13.1. The van der Waals surface area contributed by atoms with Crippen molar-refractivity contribution in [3.8, 4) is 0 Å². The summed E-state index contributed by atoms with van der Waals surface area (Å²) in [5.74, 6) is 3.97. The molecule has 0 radical (unpaired) electrons.